The van der Waals surface area contributed by atoms with Crippen molar-refractivity contribution in [3.8, 4) is 11.5 Å². The van der Waals surface area contributed by atoms with Crippen LogP contribution in [0.15, 0.2) is 17.0 Å². The molecule has 0 unspecified atom stereocenters. The fraction of sp³-hybridized carbons (Fsp3) is 0.364. The van der Waals surface area contributed by atoms with Crippen LogP contribution in [0.25, 0.3) is 0 Å². The van der Waals surface area contributed by atoms with Crippen molar-refractivity contribution in [1.82, 2.24) is 4.72 Å². The van der Waals surface area contributed by atoms with Crippen molar-refractivity contribution in [3.05, 3.63) is 17.9 Å². The summed E-state index contributed by atoms with van der Waals surface area (Å²) < 4.78 is 49.2. The summed E-state index contributed by atoms with van der Waals surface area (Å²) in [4.78, 5) is 9.93. The van der Waals surface area contributed by atoms with Crippen LogP contribution in [-0.2, 0) is 14.8 Å². The van der Waals surface area contributed by atoms with E-state index in [9.17, 15) is 17.6 Å². The minimum atomic E-state index is -4.33. The minimum Gasteiger partial charge on any atom is -0.493 e. The number of carboxylic acids is 1. The normalized spacial score (nSPS) is 12.8. The first-order valence-corrected chi connectivity index (χ1v) is 6.88. The number of sulfonamides is 1. The van der Waals surface area contributed by atoms with Crippen LogP contribution < -0.4 is 14.2 Å². The fourth-order valence-electron chi connectivity index (χ4n) is 1.39. The Morgan fingerprint density at radius 2 is 1.80 bits per heavy atom. The molecule has 7 nitrogen and oxygen atoms in total. The highest BCUT2D eigenvalue weighted by Crippen LogP contribution is 2.31. The van der Waals surface area contributed by atoms with Gasteiger partial charge in [-0.3, -0.25) is 4.79 Å². The number of nitrogens with one attached hydrogen (secondary N) is 1. The highest BCUT2D eigenvalue weighted by atomic mass is 32.2. The van der Waals surface area contributed by atoms with Gasteiger partial charge in [-0.15, -0.1) is 0 Å². The van der Waals surface area contributed by atoms with Crippen molar-refractivity contribution in [2.24, 2.45) is 0 Å². The van der Waals surface area contributed by atoms with E-state index in [0.717, 1.165) is 19.1 Å². The summed E-state index contributed by atoms with van der Waals surface area (Å²) in [6, 6.07) is 0.372. The molecule has 0 heterocycles. The number of carbonyl (C=O) groups is 1. The quantitative estimate of drug-likeness (QED) is 0.797. The molecule has 112 valence electrons. The Bertz CT molecular complexity index is 616. The topological polar surface area (TPSA) is 102 Å². The van der Waals surface area contributed by atoms with Crippen LogP contribution in [0.5, 0.6) is 11.5 Å². The Kier molecular flexibility index (Phi) is 4.90. The molecular formula is C11H14FNO6S. The monoisotopic (exact) mass is 307 g/mol. The lowest BCUT2D eigenvalue weighted by Crippen LogP contribution is -2.38. The standard InChI is InChI=1S/C11H14FNO6S/c1-6(11(14)15)13-20(16,17)10-5-9(19-3)8(18-2)4-7(10)12/h4-6,13H,1-3H3,(H,14,15)/t6-/m1/s1. The predicted octanol–water partition coefficient (Wildman–Crippen LogP) is 0.594. The lowest BCUT2D eigenvalue weighted by Gasteiger charge is -2.13. The number of methoxy groups -OCH3 is 2. The molecule has 0 saturated heterocycles. The van der Waals surface area contributed by atoms with Crippen molar-refractivity contribution in [2.45, 2.75) is 17.9 Å². The lowest BCUT2D eigenvalue weighted by molar-refractivity contribution is -0.138. The summed E-state index contributed by atoms with van der Waals surface area (Å²) in [5.41, 5.74) is 0. The molecule has 0 saturated carbocycles. The third-order valence-corrected chi connectivity index (χ3v) is 3.99. The highest BCUT2D eigenvalue weighted by Gasteiger charge is 2.26. The number of halogens is 1. The Morgan fingerprint density at radius 3 is 2.25 bits per heavy atom. The van der Waals surface area contributed by atoms with Crippen LogP contribution in [0, 0.1) is 5.82 Å². The molecule has 0 aliphatic carbocycles. The van der Waals surface area contributed by atoms with Crippen LogP contribution >= 0.6 is 0 Å². The van der Waals surface area contributed by atoms with Gasteiger partial charge in [-0.2, -0.15) is 4.72 Å². The second-order valence-electron chi connectivity index (χ2n) is 3.82. The zero-order valence-electron chi connectivity index (χ0n) is 11.0. The van der Waals surface area contributed by atoms with Crippen molar-refractivity contribution >= 4 is 16.0 Å². The van der Waals surface area contributed by atoms with Gasteiger partial charge in [-0.1, -0.05) is 0 Å². The Balaban J connectivity index is 3.28. The van der Waals surface area contributed by atoms with Crippen LogP contribution in [-0.4, -0.2) is 39.8 Å². The number of hydrogen-bond acceptors (Lipinski definition) is 5. The van der Waals surface area contributed by atoms with Gasteiger partial charge in [0.25, 0.3) is 0 Å². The number of hydrogen-bond donors (Lipinski definition) is 2. The molecule has 2 N–H and O–H groups in total. The molecule has 1 rings (SSSR count). The zero-order chi connectivity index (χ0) is 15.5. The third-order valence-electron chi connectivity index (χ3n) is 2.43. The van der Waals surface area contributed by atoms with E-state index < -0.39 is 32.7 Å². The number of carboxylic acid groups (broad SMARTS) is 1. The van der Waals surface area contributed by atoms with Gasteiger partial charge in [0.1, 0.15) is 16.8 Å². The summed E-state index contributed by atoms with van der Waals surface area (Å²) >= 11 is 0. The van der Waals surface area contributed by atoms with Gasteiger partial charge in [0.2, 0.25) is 10.0 Å². The summed E-state index contributed by atoms with van der Waals surface area (Å²) in [7, 11) is -1.80. The van der Waals surface area contributed by atoms with E-state index in [-0.39, 0.29) is 11.5 Å². The average molecular weight is 307 g/mol. The summed E-state index contributed by atoms with van der Waals surface area (Å²) in [6.45, 7) is 1.12. The van der Waals surface area contributed by atoms with Crippen LogP contribution in [0.1, 0.15) is 6.92 Å². The molecule has 0 aliphatic rings. The number of aliphatic carboxylic acids is 1. The highest BCUT2D eigenvalue weighted by molar-refractivity contribution is 7.89. The zero-order valence-corrected chi connectivity index (χ0v) is 11.8. The summed E-state index contributed by atoms with van der Waals surface area (Å²) in [5.74, 6) is -2.42. The Morgan fingerprint density at radius 1 is 1.30 bits per heavy atom. The van der Waals surface area contributed by atoms with E-state index >= 15 is 0 Å². The molecule has 20 heavy (non-hydrogen) atoms. The third kappa shape index (κ3) is 3.36. The van der Waals surface area contributed by atoms with Gasteiger partial charge in [-0.05, 0) is 6.92 Å². The van der Waals surface area contributed by atoms with Crippen molar-refractivity contribution < 1.29 is 32.2 Å². The van der Waals surface area contributed by atoms with E-state index in [1.54, 1.807) is 0 Å². The van der Waals surface area contributed by atoms with Gasteiger partial charge in [0, 0.05) is 12.1 Å². The molecule has 0 aromatic heterocycles. The second-order valence-corrected chi connectivity index (χ2v) is 5.50. The molecule has 0 radical (unpaired) electrons. The lowest BCUT2D eigenvalue weighted by atomic mass is 10.3. The van der Waals surface area contributed by atoms with E-state index in [0.29, 0.717) is 0 Å². The van der Waals surface area contributed by atoms with Gasteiger partial charge >= 0.3 is 5.97 Å². The first kappa shape index (κ1) is 16.2. The molecule has 0 amide bonds. The van der Waals surface area contributed by atoms with Crippen molar-refractivity contribution in [3.63, 3.8) is 0 Å². The molecule has 1 atom stereocenters. The number of rotatable bonds is 6. The maximum atomic E-state index is 13.8. The molecule has 0 bridgehead atoms. The van der Waals surface area contributed by atoms with E-state index in [2.05, 4.69) is 0 Å². The largest absolute Gasteiger partial charge is 0.493 e. The van der Waals surface area contributed by atoms with Crippen molar-refractivity contribution in [1.29, 1.82) is 0 Å². The van der Waals surface area contributed by atoms with Crippen molar-refractivity contribution in [2.75, 3.05) is 14.2 Å². The Hall–Kier alpha value is -1.87. The van der Waals surface area contributed by atoms with E-state index in [4.69, 9.17) is 14.6 Å². The summed E-state index contributed by atoms with van der Waals surface area (Å²) in [6.07, 6.45) is 0. The van der Waals surface area contributed by atoms with E-state index in [1.807, 2.05) is 4.72 Å². The maximum absolute atomic E-state index is 13.8. The smallest absolute Gasteiger partial charge is 0.321 e. The van der Waals surface area contributed by atoms with Gasteiger partial charge < -0.3 is 14.6 Å². The fourth-order valence-corrected chi connectivity index (χ4v) is 2.66. The summed E-state index contributed by atoms with van der Waals surface area (Å²) in [5, 5.41) is 8.68. The molecule has 0 fully saturated rings. The number of ether oxygens (including phenoxy) is 2. The first-order valence-electron chi connectivity index (χ1n) is 5.39. The minimum absolute atomic E-state index is 0.0113. The molecule has 0 aliphatic heterocycles. The SMILES string of the molecule is COc1cc(F)c(S(=O)(=O)N[C@H](C)C(=O)O)cc1OC. The first-order chi connectivity index (χ1) is 9.22. The number of benzene rings is 1. The molecular weight excluding hydrogens is 293 g/mol. The maximum Gasteiger partial charge on any atom is 0.321 e. The predicted molar refractivity (Wildman–Crippen MR) is 66.9 cm³/mol. The van der Waals surface area contributed by atoms with Gasteiger partial charge in [-0.25, -0.2) is 12.8 Å². The van der Waals surface area contributed by atoms with E-state index in [1.165, 1.54) is 14.2 Å². The average Bonchev–Trinajstić information content (AvgIpc) is 2.37. The van der Waals surface area contributed by atoms with Crippen LogP contribution in [0.3, 0.4) is 0 Å². The van der Waals surface area contributed by atoms with Crippen LogP contribution in [0.2, 0.25) is 0 Å². The molecule has 1 aromatic carbocycles. The Labute approximate surface area is 115 Å². The van der Waals surface area contributed by atoms with Gasteiger partial charge in [0.15, 0.2) is 11.5 Å². The van der Waals surface area contributed by atoms with Gasteiger partial charge in [0.05, 0.1) is 14.2 Å². The molecule has 1 aromatic rings. The molecule has 9 heteroatoms. The molecule has 0 spiro atoms. The second kappa shape index (κ2) is 6.06. The van der Waals surface area contributed by atoms with Crippen LogP contribution in [0.4, 0.5) is 4.39 Å².